The Bertz CT molecular complexity index is 414. The van der Waals surface area contributed by atoms with Crippen molar-refractivity contribution < 1.29 is 9.53 Å². The number of hydrogen-bond donors (Lipinski definition) is 2. The molecule has 110 valence electrons. The molecule has 0 bridgehead atoms. The largest absolute Gasteiger partial charge is 0.473 e. The average molecular weight is 277 g/mol. The maximum atomic E-state index is 11.8. The van der Waals surface area contributed by atoms with Crippen LogP contribution in [0.25, 0.3) is 0 Å². The van der Waals surface area contributed by atoms with Crippen LogP contribution in [0.4, 0.5) is 4.79 Å². The number of ether oxygens (including phenoxy) is 1. The van der Waals surface area contributed by atoms with Crippen molar-refractivity contribution in [3.63, 3.8) is 0 Å². The lowest BCUT2D eigenvalue weighted by Crippen LogP contribution is -2.50. The van der Waals surface area contributed by atoms with Crippen LogP contribution in [0.15, 0.2) is 24.3 Å². The number of nitrogens with zero attached hydrogens (tertiary/aromatic N) is 1. The van der Waals surface area contributed by atoms with Crippen molar-refractivity contribution in [1.29, 1.82) is 0 Å². The third-order valence-electron chi connectivity index (χ3n) is 3.33. The van der Waals surface area contributed by atoms with Crippen molar-refractivity contribution in [3.8, 4) is 5.75 Å². The second kappa shape index (κ2) is 7.75. The predicted molar refractivity (Wildman–Crippen MR) is 78.9 cm³/mol. The first-order valence-corrected chi connectivity index (χ1v) is 7.25. The fraction of sp³-hybridized carbons (Fsp3) is 0.533. The van der Waals surface area contributed by atoms with Gasteiger partial charge in [-0.25, -0.2) is 4.79 Å². The van der Waals surface area contributed by atoms with Crippen molar-refractivity contribution in [2.24, 2.45) is 0 Å². The molecule has 1 aliphatic heterocycles. The number of amides is 2. The number of carbonyl (C=O) groups is 1. The highest BCUT2D eigenvalue weighted by Gasteiger charge is 2.15. The van der Waals surface area contributed by atoms with Gasteiger partial charge < -0.3 is 20.3 Å². The number of nitrogens with one attached hydrogen (secondary N) is 2. The lowest BCUT2D eigenvalue weighted by Gasteiger charge is -2.27. The molecule has 1 heterocycles. The number of hydrogen-bond acceptors (Lipinski definition) is 3. The van der Waals surface area contributed by atoms with Gasteiger partial charge in [-0.05, 0) is 24.1 Å². The Labute approximate surface area is 120 Å². The van der Waals surface area contributed by atoms with Gasteiger partial charge in [0.05, 0.1) is 0 Å². The third kappa shape index (κ3) is 4.42. The number of carbonyl (C=O) groups excluding carboxylic acids is 1. The highest BCUT2D eigenvalue weighted by atomic mass is 16.5. The summed E-state index contributed by atoms with van der Waals surface area (Å²) in [7, 11) is 0. The topological polar surface area (TPSA) is 53.6 Å². The summed E-state index contributed by atoms with van der Waals surface area (Å²) in [5.41, 5.74) is 1.31. The molecule has 2 N–H and O–H groups in total. The first kappa shape index (κ1) is 14.7. The Morgan fingerprint density at radius 2 is 2.00 bits per heavy atom. The molecule has 20 heavy (non-hydrogen) atoms. The Morgan fingerprint density at radius 1 is 1.30 bits per heavy atom. The molecular weight excluding hydrogens is 254 g/mol. The van der Waals surface area contributed by atoms with E-state index in [0.717, 1.165) is 44.8 Å². The van der Waals surface area contributed by atoms with Gasteiger partial charge in [-0.15, -0.1) is 0 Å². The number of urea groups is 1. The summed E-state index contributed by atoms with van der Waals surface area (Å²) in [6.07, 6.45) is 2.22. The second-order valence-corrected chi connectivity index (χ2v) is 4.90. The molecule has 0 saturated carbocycles. The molecule has 5 heteroatoms. The zero-order valence-corrected chi connectivity index (χ0v) is 12.0. The molecule has 1 saturated heterocycles. The van der Waals surface area contributed by atoms with Gasteiger partial charge in [-0.1, -0.05) is 25.5 Å². The smallest absolute Gasteiger partial charge is 0.320 e. The quantitative estimate of drug-likeness (QED) is 0.804. The van der Waals surface area contributed by atoms with Crippen LogP contribution in [0, 0.1) is 0 Å². The second-order valence-electron chi connectivity index (χ2n) is 4.90. The summed E-state index contributed by atoms with van der Waals surface area (Å²) >= 11 is 0. The molecule has 2 amide bonds. The number of piperazine rings is 1. The molecule has 5 nitrogen and oxygen atoms in total. The molecule has 0 spiro atoms. The van der Waals surface area contributed by atoms with E-state index >= 15 is 0 Å². The summed E-state index contributed by atoms with van der Waals surface area (Å²) < 4.78 is 5.53. The molecule has 2 rings (SSSR count). The number of aryl methyl sites for hydroxylation is 1. The van der Waals surface area contributed by atoms with Gasteiger partial charge in [0.25, 0.3) is 0 Å². The highest BCUT2D eigenvalue weighted by Crippen LogP contribution is 2.12. The first-order chi connectivity index (χ1) is 9.79. The van der Waals surface area contributed by atoms with Crippen molar-refractivity contribution in [3.05, 3.63) is 29.8 Å². The van der Waals surface area contributed by atoms with Crippen LogP contribution < -0.4 is 15.4 Å². The molecule has 1 aromatic carbocycles. The number of benzene rings is 1. The maximum absolute atomic E-state index is 11.8. The van der Waals surface area contributed by atoms with Crippen LogP contribution in [0.3, 0.4) is 0 Å². The molecule has 1 aromatic rings. The highest BCUT2D eigenvalue weighted by molar-refractivity contribution is 5.74. The predicted octanol–water partition coefficient (Wildman–Crippen LogP) is 1.59. The van der Waals surface area contributed by atoms with Crippen LogP contribution >= 0.6 is 0 Å². The summed E-state index contributed by atoms with van der Waals surface area (Å²) in [4.78, 5) is 13.6. The van der Waals surface area contributed by atoms with Gasteiger partial charge in [0.2, 0.25) is 0 Å². The Kier molecular flexibility index (Phi) is 5.68. The van der Waals surface area contributed by atoms with E-state index in [1.807, 2.05) is 12.1 Å². The van der Waals surface area contributed by atoms with Gasteiger partial charge >= 0.3 is 6.03 Å². The normalized spacial score (nSPS) is 14.9. The standard InChI is InChI=1S/C15H23N3O2/c1-2-3-13-4-6-14(7-5-13)20-12-17-15(19)18-10-8-16-9-11-18/h4-7,16H,2-3,8-12H2,1H3,(H,17,19). The van der Waals surface area contributed by atoms with Gasteiger partial charge in [0.1, 0.15) is 5.75 Å². The summed E-state index contributed by atoms with van der Waals surface area (Å²) in [6, 6.07) is 7.96. The van der Waals surface area contributed by atoms with E-state index in [4.69, 9.17) is 4.74 Å². The van der Waals surface area contributed by atoms with Gasteiger partial charge in [-0.2, -0.15) is 0 Å². The fourth-order valence-electron chi connectivity index (χ4n) is 2.20. The van der Waals surface area contributed by atoms with Crippen molar-refractivity contribution >= 4 is 6.03 Å². The van der Waals surface area contributed by atoms with Gasteiger partial charge in [0.15, 0.2) is 6.73 Å². The maximum Gasteiger partial charge on any atom is 0.320 e. The lowest BCUT2D eigenvalue weighted by atomic mass is 10.1. The summed E-state index contributed by atoms with van der Waals surface area (Å²) in [6.45, 7) is 5.57. The molecule has 1 aliphatic rings. The Balaban J connectivity index is 1.70. The zero-order valence-electron chi connectivity index (χ0n) is 12.0. The molecule has 0 radical (unpaired) electrons. The van der Waals surface area contributed by atoms with Gasteiger partial charge in [-0.3, -0.25) is 0 Å². The van der Waals surface area contributed by atoms with Crippen LogP contribution in [-0.2, 0) is 6.42 Å². The minimum Gasteiger partial charge on any atom is -0.473 e. The molecule has 0 unspecified atom stereocenters. The van der Waals surface area contributed by atoms with E-state index in [0.29, 0.717) is 0 Å². The summed E-state index contributed by atoms with van der Waals surface area (Å²) in [5.74, 6) is 0.783. The minimum atomic E-state index is -0.0610. The van der Waals surface area contributed by atoms with Crippen molar-refractivity contribution in [2.45, 2.75) is 19.8 Å². The SMILES string of the molecule is CCCc1ccc(OCNC(=O)N2CCNCC2)cc1. The van der Waals surface area contributed by atoms with Crippen LogP contribution in [0.5, 0.6) is 5.75 Å². The van der Waals surface area contributed by atoms with E-state index in [-0.39, 0.29) is 12.8 Å². The Morgan fingerprint density at radius 3 is 2.65 bits per heavy atom. The van der Waals surface area contributed by atoms with Crippen LogP contribution in [0.1, 0.15) is 18.9 Å². The molecule has 1 fully saturated rings. The molecule has 0 atom stereocenters. The third-order valence-corrected chi connectivity index (χ3v) is 3.33. The van der Waals surface area contributed by atoms with Crippen molar-refractivity contribution in [1.82, 2.24) is 15.5 Å². The zero-order chi connectivity index (χ0) is 14.2. The number of rotatable bonds is 5. The van der Waals surface area contributed by atoms with E-state index in [1.165, 1.54) is 5.56 Å². The molecular formula is C15H23N3O2. The fourth-order valence-corrected chi connectivity index (χ4v) is 2.20. The van der Waals surface area contributed by atoms with E-state index in [9.17, 15) is 4.79 Å². The van der Waals surface area contributed by atoms with Crippen LogP contribution in [-0.4, -0.2) is 43.8 Å². The first-order valence-electron chi connectivity index (χ1n) is 7.25. The monoisotopic (exact) mass is 277 g/mol. The summed E-state index contributed by atoms with van der Waals surface area (Å²) in [5, 5.41) is 5.99. The van der Waals surface area contributed by atoms with E-state index in [2.05, 4.69) is 29.7 Å². The van der Waals surface area contributed by atoms with E-state index < -0.39 is 0 Å². The molecule has 0 aliphatic carbocycles. The lowest BCUT2D eigenvalue weighted by molar-refractivity contribution is 0.178. The van der Waals surface area contributed by atoms with Gasteiger partial charge in [0, 0.05) is 26.2 Å². The molecule has 0 aromatic heterocycles. The average Bonchev–Trinajstić information content (AvgIpc) is 2.50. The van der Waals surface area contributed by atoms with Crippen molar-refractivity contribution in [2.75, 3.05) is 32.9 Å². The van der Waals surface area contributed by atoms with E-state index in [1.54, 1.807) is 4.90 Å². The Hall–Kier alpha value is -1.75. The van der Waals surface area contributed by atoms with Crippen LogP contribution in [0.2, 0.25) is 0 Å². The minimum absolute atomic E-state index is 0.0610.